The zero-order valence-electron chi connectivity index (χ0n) is 38.1. The number of pyridine rings is 6. The molecule has 0 amide bonds. The Morgan fingerprint density at radius 3 is 1.50 bits per heavy atom. The molecule has 10 heterocycles. The monoisotopic (exact) mass is 902 g/mol. The summed E-state index contributed by atoms with van der Waals surface area (Å²) >= 11 is 0. The summed E-state index contributed by atoms with van der Waals surface area (Å²) < 4.78 is 39.9. The van der Waals surface area contributed by atoms with Crippen LogP contribution in [0, 0.1) is 26.6 Å². The number of ether oxygens (including phenoxy) is 4. The Kier molecular flexibility index (Phi) is 14.1. The van der Waals surface area contributed by atoms with Crippen LogP contribution in [0.25, 0.3) is 22.1 Å². The lowest BCUT2D eigenvalue weighted by Gasteiger charge is -2.32. The molecule has 0 bridgehead atoms. The van der Waals surface area contributed by atoms with E-state index in [-0.39, 0.29) is 16.9 Å². The maximum absolute atomic E-state index is 14.1. The van der Waals surface area contributed by atoms with Crippen LogP contribution < -0.4 is 40.7 Å². The molecule has 17 heteroatoms. The minimum Gasteiger partial charge on any atom is -0.486 e. The van der Waals surface area contributed by atoms with Crippen LogP contribution >= 0.6 is 0 Å². The Labute approximate surface area is 383 Å². The summed E-state index contributed by atoms with van der Waals surface area (Å²) in [5, 5.41) is 7.23. The zero-order chi connectivity index (χ0) is 45.6. The lowest BCUT2D eigenvalue weighted by molar-refractivity contribution is 0.170. The molecule has 66 heavy (non-hydrogen) atoms. The molecule has 6 aromatic heterocycles. The molecule has 2 saturated heterocycles. The molecule has 0 aliphatic carbocycles. The van der Waals surface area contributed by atoms with Gasteiger partial charge in [-0.15, -0.1) is 0 Å². The van der Waals surface area contributed by atoms with Crippen LogP contribution in [0.4, 0.5) is 4.39 Å². The van der Waals surface area contributed by atoms with Gasteiger partial charge in [0.2, 0.25) is 0 Å². The van der Waals surface area contributed by atoms with Crippen molar-refractivity contribution in [2.75, 3.05) is 65.7 Å². The molecule has 6 aromatic rings. The Morgan fingerprint density at radius 2 is 1.02 bits per heavy atom. The standard InChI is InChI=1S/C25H31N5O3.C24H28FN5O3/c1-17-13-22-21(28-18(17)2)3-4-25(31)30(22)10-9-29-7-5-19(6-8-29)26-15-20-14-23-24(16-27-20)33-12-11-32-23;1-16-19(25)13-21-20(28-16)2-3-24(31)30(21)9-8-29-6-4-17(5-7-29)26-14-18-12-22-23(15-27-18)33-11-10-32-22/h3-4,13-14,16,19,26H,5-12,15H2,1-2H3;2-3,12-13,15,17,26H,4-11,14H2,1H3. The van der Waals surface area contributed by atoms with E-state index >= 15 is 0 Å². The first kappa shape index (κ1) is 45.2. The van der Waals surface area contributed by atoms with E-state index in [0.717, 1.165) is 122 Å². The average Bonchev–Trinajstić information content (AvgIpc) is 3.34. The van der Waals surface area contributed by atoms with Crippen molar-refractivity contribution >= 4 is 22.1 Å². The molecular formula is C49H59FN10O6. The summed E-state index contributed by atoms with van der Waals surface area (Å²) in [5.74, 6) is 2.59. The first-order chi connectivity index (χ1) is 32.1. The summed E-state index contributed by atoms with van der Waals surface area (Å²) in [5.41, 5.74) is 7.28. The Morgan fingerprint density at radius 1 is 0.576 bits per heavy atom. The summed E-state index contributed by atoms with van der Waals surface area (Å²) in [4.78, 5) is 47.6. The molecule has 2 N–H and O–H groups in total. The van der Waals surface area contributed by atoms with Gasteiger partial charge < -0.3 is 48.5 Å². The van der Waals surface area contributed by atoms with Gasteiger partial charge in [0.15, 0.2) is 23.0 Å². The van der Waals surface area contributed by atoms with Crippen molar-refractivity contribution in [3.05, 3.63) is 116 Å². The SMILES string of the molecule is Cc1cc2c(ccc(=O)n2CCN2CCC(NCc3cc4c(cn3)OCCO4)CC2)nc1C.Cc1nc2ccc(=O)n(CCN3CCC(NCc4cc5c(cn4)OCCO5)CC3)c2cc1F. The minimum atomic E-state index is -0.388. The van der Waals surface area contributed by atoms with Crippen molar-refractivity contribution < 1.29 is 23.3 Å². The Balaban J connectivity index is 0.000000166. The fraction of sp³-hybridized carbons (Fsp3) is 0.469. The van der Waals surface area contributed by atoms with E-state index in [4.69, 9.17) is 18.9 Å². The van der Waals surface area contributed by atoms with Gasteiger partial charge in [-0.3, -0.25) is 24.5 Å². The molecule has 4 aliphatic rings. The van der Waals surface area contributed by atoms with Gasteiger partial charge in [0.05, 0.1) is 51.5 Å². The summed E-state index contributed by atoms with van der Waals surface area (Å²) in [6.45, 7) is 16.1. The van der Waals surface area contributed by atoms with Crippen LogP contribution in [0.15, 0.2) is 70.5 Å². The molecule has 0 unspecified atom stereocenters. The highest BCUT2D eigenvalue weighted by atomic mass is 19.1. The second-order valence-corrected chi connectivity index (χ2v) is 17.5. The third kappa shape index (κ3) is 10.8. The van der Waals surface area contributed by atoms with Crippen LogP contribution in [0.3, 0.4) is 0 Å². The lowest BCUT2D eigenvalue weighted by Crippen LogP contribution is -2.43. The smallest absolute Gasteiger partial charge is 0.251 e. The van der Waals surface area contributed by atoms with Crippen molar-refractivity contribution in [2.24, 2.45) is 0 Å². The van der Waals surface area contributed by atoms with Crippen LogP contribution in [0.1, 0.15) is 54.0 Å². The molecule has 2 fully saturated rings. The van der Waals surface area contributed by atoms with Gasteiger partial charge in [-0.1, -0.05) is 0 Å². The number of aryl methyl sites for hydroxylation is 3. The molecule has 10 rings (SSSR count). The quantitative estimate of drug-likeness (QED) is 0.174. The number of aromatic nitrogens is 6. The maximum Gasteiger partial charge on any atom is 0.251 e. The molecule has 0 radical (unpaired) electrons. The van der Waals surface area contributed by atoms with E-state index in [0.29, 0.717) is 80.6 Å². The number of halogens is 1. The number of hydrogen-bond donors (Lipinski definition) is 2. The first-order valence-electron chi connectivity index (χ1n) is 23.2. The van der Waals surface area contributed by atoms with Gasteiger partial charge >= 0.3 is 0 Å². The van der Waals surface area contributed by atoms with E-state index in [1.807, 2.05) is 36.6 Å². The highest BCUT2D eigenvalue weighted by molar-refractivity contribution is 5.76. The van der Waals surface area contributed by atoms with E-state index in [9.17, 15) is 14.0 Å². The van der Waals surface area contributed by atoms with Gasteiger partial charge in [0, 0.05) is 87.4 Å². The van der Waals surface area contributed by atoms with Gasteiger partial charge in [-0.2, -0.15) is 0 Å². The molecule has 0 spiro atoms. The summed E-state index contributed by atoms with van der Waals surface area (Å²) in [6.07, 6.45) is 7.67. The molecule has 4 aliphatic heterocycles. The summed E-state index contributed by atoms with van der Waals surface area (Å²) in [7, 11) is 0. The average molecular weight is 903 g/mol. The summed E-state index contributed by atoms with van der Waals surface area (Å²) in [6, 6.07) is 14.9. The van der Waals surface area contributed by atoms with Crippen LogP contribution in [-0.4, -0.2) is 117 Å². The number of hydrogen-bond acceptors (Lipinski definition) is 14. The van der Waals surface area contributed by atoms with Crippen molar-refractivity contribution in [2.45, 2.75) is 84.7 Å². The Bertz CT molecular complexity index is 2600. The van der Waals surface area contributed by atoms with Gasteiger partial charge in [0.1, 0.15) is 32.2 Å². The minimum absolute atomic E-state index is 0.0380. The first-order valence-corrected chi connectivity index (χ1v) is 23.2. The van der Waals surface area contributed by atoms with Crippen LogP contribution in [0.5, 0.6) is 23.0 Å². The molecular weight excluding hydrogens is 844 g/mol. The third-order valence-electron chi connectivity index (χ3n) is 13.1. The fourth-order valence-corrected chi connectivity index (χ4v) is 9.03. The molecule has 0 saturated carbocycles. The highest BCUT2D eigenvalue weighted by Gasteiger charge is 2.22. The maximum atomic E-state index is 14.1. The number of fused-ring (bicyclic) bond motifs is 4. The Hall–Kier alpha value is -6.01. The molecule has 16 nitrogen and oxygen atoms in total. The van der Waals surface area contributed by atoms with E-state index in [2.05, 4.69) is 46.4 Å². The van der Waals surface area contributed by atoms with E-state index < -0.39 is 0 Å². The van der Waals surface area contributed by atoms with Crippen molar-refractivity contribution in [3.63, 3.8) is 0 Å². The number of nitrogens with one attached hydrogen (secondary N) is 2. The van der Waals surface area contributed by atoms with E-state index in [1.54, 1.807) is 36.0 Å². The largest absolute Gasteiger partial charge is 0.486 e. The predicted octanol–water partition coefficient (Wildman–Crippen LogP) is 4.70. The predicted molar refractivity (Wildman–Crippen MR) is 249 cm³/mol. The topological polar surface area (TPSA) is 163 Å². The van der Waals surface area contributed by atoms with Gasteiger partial charge in [0.25, 0.3) is 11.1 Å². The van der Waals surface area contributed by atoms with Crippen molar-refractivity contribution in [1.82, 2.24) is 49.5 Å². The molecule has 348 valence electrons. The number of piperidine rings is 2. The van der Waals surface area contributed by atoms with E-state index in [1.165, 1.54) is 12.1 Å². The van der Waals surface area contributed by atoms with Crippen LogP contribution in [-0.2, 0) is 26.2 Å². The zero-order valence-corrected chi connectivity index (χ0v) is 38.1. The number of nitrogens with zero attached hydrogens (tertiary/aromatic N) is 8. The van der Waals surface area contributed by atoms with Crippen molar-refractivity contribution in [1.29, 1.82) is 0 Å². The fourth-order valence-electron chi connectivity index (χ4n) is 9.03. The highest BCUT2D eigenvalue weighted by Crippen LogP contribution is 2.30. The molecule has 0 aromatic carbocycles. The lowest BCUT2D eigenvalue weighted by atomic mass is 10.0. The number of likely N-dealkylation sites (tertiary alicyclic amines) is 2. The molecule has 0 atom stereocenters. The third-order valence-corrected chi connectivity index (χ3v) is 13.1. The second-order valence-electron chi connectivity index (χ2n) is 17.5. The van der Waals surface area contributed by atoms with Crippen LogP contribution in [0.2, 0.25) is 0 Å². The second kappa shape index (κ2) is 20.7. The van der Waals surface area contributed by atoms with Gasteiger partial charge in [-0.25, -0.2) is 9.37 Å². The van der Waals surface area contributed by atoms with Gasteiger partial charge in [-0.05, 0) is 96.4 Å². The number of rotatable bonds is 12. The van der Waals surface area contributed by atoms with Crippen molar-refractivity contribution in [3.8, 4) is 23.0 Å². The normalized spacial score (nSPS) is 16.9.